The van der Waals surface area contributed by atoms with E-state index in [4.69, 9.17) is 0 Å². The third-order valence-electron chi connectivity index (χ3n) is 3.37. The van der Waals surface area contributed by atoms with E-state index in [1.54, 1.807) is 0 Å². The highest BCUT2D eigenvalue weighted by Gasteiger charge is 2.38. The van der Waals surface area contributed by atoms with E-state index in [0.717, 1.165) is 33.5 Å². The summed E-state index contributed by atoms with van der Waals surface area (Å²) in [5, 5.41) is 2.30. The second-order valence-electron chi connectivity index (χ2n) is 4.89. The topological polar surface area (TPSA) is 108 Å². The number of rotatable bonds is 7. The van der Waals surface area contributed by atoms with Crippen LogP contribution >= 0.6 is 0 Å². The molecule has 0 unspecified atom stereocenters. The molecule has 0 aliphatic rings. The van der Waals surface area contributed by atoms with E-state index in [2.05, 4.69) is 19.5 Å². The number of benzene rings is 1. The maximum atomic E-state index is 12.9. The molecule has 2 atom stereocenters. The molecule has 25 heavy (non-hydrogen) atoms. The average Bonchev–Trinajstić information content (AvgIpc) is 2.63. The van der Waals surface area contributed by atoms with Crippen LogP contribution in [0.25, 0.3) is 0 Å². The highest BCUT2D eigenvalue weighted by atomic mass is 19.1. The highest BCUT2D eigenvalue weighted by Crippen LogP contribution is 2.15. The van der Waals surface area contributed by atoms with E-state index < -0.39 is 48.0 Å². The van der Waals surface area contributed by atoms with Gasteiger partial charge in [0.15, 0.2) is 0 Å². The number of carbonyl (C=O) groups excluding carboxylic acids is 4. The van der Waals surface area contributed by atoms with Gasteiger partial charge in [0.05, 0.1) is 33.7 Å². The number of nitrogens with one attached hydrogen (secondary N) is 1. The maximum Gasteiger partial charge on any atom is 0.329 e. The first-order chi connectivity index (χ1) is 11.8. The molecule has 0 aliphatic heterocycles. The maximum absolute atomic E-state index is 12.9. The summed E-state index contributed by atoms with van der Waals surface area (Å²) in [7, 11) is 3.25. The molecule has 1 N–H and O–H groups in total. The van der Waals surface area contributed by atoms with Gasteiger partial charge in [0, 0.05) is 5.56 Å². The van der Waals surface area contributed by atoms with E-state index in [1.807, 2.05) is 0 Å². The first-order valence-electron chi connectivity index (χ1n) is 7.13. The molecule has 0 aromatic heterocycles. The predicted octanol–water partition coefficient (Wildman–Crippen LogP) is 0.449. The summed E-state index contributed by atoms with van der Waals surface area (Å²) in [5.74, 6) is -5.28. The second kappa shape index (κ2) is 9.36. The molecule has 1 rings (SSSR count). The first kappa shape index (κ1) is 20.1. The van der Waals surface area contributed by atoms with Gasteiger partial charge < -0.3 is 19.5 Å². The fourth-order valence-corrected chi connectivity index (χ4v) is 2.03. The van der Waals surface area contributed by atoms with Crippen molar-refractivity contribution >= 4 is 23.8 Å². The van der Waals surface area contributed by atoms with Crippen LogP contribution in [0.1, 0.15) is 16.8 Å². The van der Waals surface area contributed by atoms with Crippen molar-refractivity contribution < 1.29 is 37.8 Å². The van der Waals surface area contributed by atoms with Gasteiger partial charge in [-0.15, -0.1) is 0 Å². The number of esters is 3. The zero-order valence-corrected chi connectivity index (χ0v) is 13.9. The fraction of sp³-hybridized carbons (Fsp3) is 0.375. The van der Waals surface area contributed by atoms with Crippen LogP contribution in [0.4, 0.5) is 4.39 Å². The molecule has 0 aliphatic carbocycles. The minimum atomic E-state index is -1.49. The molecule has 1 aromatic rings. The summed E-state index contributed by atoms with van der Waals surface area (Å²) in [4.78, 5) is 47.7. The van der Waals surface area contributed by atoms with Crippen molar-refractivity contribution in [1.29, 1.82) is 0 Å². The number of carbonyl (C=O) groups is 4. The van der Waals surface area contributed by atoms with Crippen LogP contribution in [0.2, 0.25) is 0 Å². The van der Waals surface area contributed by atoms with E-state index >= 15 is 0 Å². The molecule has 0 radical (unpaired) electrons. The van der Waals surface area contributed by atoms with Crippen LogP contribution < -0.4 is 5.32 Å². The van der Waals surface area contributed by atoms with Crippen molar-refractivity contribution in [3.05, 3.63) is 35.6 Å². The monoisotopic (exact) mass is 355 g/mol. The Morgan fingerprint density at radius 3 is 2.00 bits per heavy atom. The van der Waals surface area contributed by atoms with E-state index in [0.29, 0.717) is 0 Å². The molecule has 136 valence electrons. The zero-order chi connectivity index (χ0) is 19.0. The minimum absolute atomic E-state index is 0.0528. The lowest BCUT2D eigenvalue weighted by atomic mass is 9.95. The van der Waals surface area contributed by atoms with Gasteiger partial charge in [0.25, 0.3) is 5.91 Å². The van der Waals surface area contributed by atoms with Gasteiger partial charge in [-0.25, -0.2) is 9.18 Å². The number of methoxy groups -OCH3 is 3. The molecule has 8 nitrogen and oxygen atoms in total. The van der Waals surface area contributed by atoms with Crippen molar-refractivity contribution in [2.24, 2.45) is 5.92 Å². The SMILES string of the molecule is COC(=O)C[C@@H](C(=O)OC)[C@H](NC(=O)c1ccc(F)cc1)C(=O)OC. The fourth-order valence-electron chi connectivity index (χ4n) is 2.03. The van der Waals surface area contributed by atoms with Crippen LogP contribution in [0.5, 0.6) is 0 Å². The Balaban J connectivity index is 3.09. The molecule has 1 amide bonds. The van der Waals surface area contributed by atoms with Gasteiger partial charge in [-0.05, 0) is 24.3 Å². The first-order valence-corrected chi connectivity index (χ1v) is 7.13. The highest BCUT2D eigenvalue weighted by molar-refractivity contribution is 5.98. The van der Waals surface area contributed by atoms with Crippen molar-refractivity contribution in [3.63, 3.8) is 0 Å². The molecule has 9 heteroatoms. The van der Waals surface area contributed by atoms with E-state index in [9.17, 15) is 23.6 Å². The lowest BCUT2D eigenvalue weighted by molar-refractivity contribution is -0.158. The van der Waals surface area contributed by atoms with Crippen molar-refractivity contribution in [2.45, 2.75) is 12.5 Å². The third kappa shape index (κ3) is 5.55. The van der Waals surface area contributed by atoms with Crippen LogP contribution in [0.3, 0.4) is 0 Å². The van der Waals surface area contributed by atoms with Crippen LogP contribution in [0, 0.1) is 11.7 Å². The lowest BCUT2D eigenvalue weighted by Crippen LogP contribution is -2.50. The zero-order valence-electron chi connectivity index (χ0n) is 13.9. The van der Waals surface area contributed by atoms with Crippen LogP contribution in [-0.4, -0.2) is 51.2 Å². The van der Waals surface area contributed by atoms with Gasteiger partial charge in [0.2, 0.25) is 0 Å². The number of amides is 1. The van der Waals surface area contributed by atoms with E-state index in [-0.39, 0.29) is 5.56 Å². The molecule has 0 heterocycles. The Labute approximate surface area is 143 Å². The number of hydrogen-bond donors (Lipinski definition) is 1. The van der Waals surface area contributed by atoms with Gasteiger partial charge >= 0.3 is 17.9 Å². The Bertz CT molecular complexity index is 644. The lowest BCUT2D eigenvalue weighted by Gasteiger charge is -2.23. The van der Waals surface area contributed by atoms with Crippen molar-refractivity contribution in [2.75, 3.05) is 21.3 Å². The third-order valence-corrected chi connectivity index (χ3v) is 3.37. The Hall–Kier alpha value is -2.97. The number of hydrogen-bond acceptors (Lipinski definition) is 7. The summed E-state index contributed by atoms with van der Waals surface area (Å²) >= 11 is 0. The van der Waals surface area contributed by atoms with Gasteiger partial charge in [-0.1, -0.05) is 0 Å². The Kier molecular flexibility index (Phi) is 7.51. The molecule has 0 bridgehead atoms. The molecular weight excluding hydrogens is 337 g/mol. The standard InChI is InChI=1S/C16H18FNO7/c1-23-12(19)8-11(15(21)24-2)13(16(22)25-3)18-14(20)9-4-6-10(17)7-5-9/h4-7,11,13H,8H2,1-3H3,(H,18,20)/t11-,13+/m1/s1. The normalized spacial score (nSPS) is 12.5. The van der Waals surface area contributed by atoms with Gasteiger partial charge in [-0.3, -0.25) is 14.4 Å². The largest absolute Gasteiger partial charge is 0.469 e. The summed E-state index contributed by atoms with van der Waals surface area (Å²) in [6, 6.07) is 3.04. The minimum Gasteiger partial charge on any atom is -0.469 e. The van der Waals surface area contributed by atoms with Crippen LogP contribution in [-0.2, 0) is 28.6 Å². The Morgan fingerprint density at radius 2 is 1.52 bits per heavy atom. The summed E-state index contributed by atoms with van der Waals surface area (Å²) < 4.78 is 26.6. The molecule has 0 saturated carbocycles. The second-order valence-corrected chi connectivity index (χ2v) is 4.89. The molecule has 1 aromatic carbocycles. The molecular formula is C16H18FNO7. The average molecular weight is 355 g/mol. The molecule has 0 fully saturated rings. The van der Waals surface area contributed by atoms with Gasteiger partial charge in [-0.2, -0.15) is 0 Å². The Morgan fingerprint density at radius 1 is 0.960 bits per heavy atom. The quantitative estimate of drug-likeness (QED) is 0.559. The van der Waals surface area contributed by atoms with Crippen molar-refractivity contribution in [1.82, 2.24) is 5.32 Å². The molecule has 0 spiro atoms. The number of ether oxygens (including phenoxy) is 3. The van der Waals surface area contributed by atoms with Crippen LogP contribution in [0.15, 0.2) is 24.3 Å². The van der Waals surface area contributed by atoms with Gasteiger partial charge in [0.1, 0.15) is 11.9 Å². The predicted molar refractivity (Wildman–Crippen MR) is 81.8 cm³/mol. The van der Waals surface area contributed by atoms with Crippen molar-refractivity contribution in [3.8, 4) is 0 Å². The summed E-state index contributed by atoms with van der Waals surface area (Å²) in [6.45, 7) is 0. The smallest absolute Gasteiger partial charge is 0.329 e. The number of halogens is 1. The summed E-state index contributed by atoms with van der Waals surface area (Å²) in [5.41, 5.74) is 0.0528. The molecule has 0 saturated heterocycles. The van der Waals surface area contributed by atoms with E-state index in [1.165, 1.54) is 12.1 Å². The summed E-state index contributed by atoms with van der Waals surface area (Å²) in [6.07, 6.45) is -0.507.